The summed E-state index contributed by atoms with van der Waals surface area (Å²) in [5.41, 5.74) is -3.35. The number of alkyl halides is 3. The van der Waals surface area contributed by atoms with Gasteiger partial charge in [-0.05, 0) is 25.5 Å². The summed E-state index contributed by atoms with van der Waals surface area (Å²) in [5, 5.41) is 10.3. The lowest BCUT2D eigenvalue weighted by atomic mass is 9.91. The van der Waals surface area contributed by atoms with Crippen molar-refractivity contribution in [1.82, 2.24) is 4.98 Å². The summed E-state index contributed by atoms with van der Waals surface area (Å²) in [6, 6.07) is 4.82. The molecular formula is C14H14F3NO3. The van der Waals surface area contributed by atoms with Crippen LogP contribution in [0.3, 0.4) is 0 Å². The lowest BCUT2D eigenvalue weighted by Crippen LogP contribution is -2.50. The van der Waals surface area contributed by atoms with E-state index in [-0.39, 0.29) is 12.0 Å². The maximum Gasteiger partial charge on any atom is 0.432 e. The Balaban J connectivity index is 2.74. The number of aliphatic hydroxyl groups is 1. The SMILES string of the molecule is CCOC(=O)[C@](O)(c1c[nH]c2cccc(C)c12)C(F)(F)F. The molecule has 114 valence electrons. The highest BCUT2D eigenvalue weighted by molar-refractivity contribution is 5.94. The van der Waals surface area contributed by atoms with Crippen LogP contribution in [0.5, 0.6) is 0 Å². The molecule has 7 heteroatoms. The number of rotatable bonds is 3. The molecule has 0 saturated carbocycles. The number of fused-ring (bicyclic) bond motifs is 1. The van der Waals surface area contributed by atoms with Gasteiger partial charge in [-0.2, -0.15) is 13.2 Å². The normalized spacial score (nSPS) is 15.0. The summed E-state index contributed by atoms with van der Waals surface area (Å²) in [7, 11) is 0. The van der Waals surface area contributed by atoms with E-state index in [0.717, 1.165) is 6.20 Å². The Labute approximate surface area is 118 Å². The second-order valence-electron chi connectivity index (χ2n) is 4.63. The fourth-order valence-corrected chi connectivity index (χ4v) is 2.27. The van der Waals surface area contributed by atoms with Crippen LogP contribution in [0.4, 0.5) is 13.2 Å². The first-order valence-corrected chi connectivity index (χ1v) is 6.27. The lowest BCUT2D eigenvalue weighted by Gasteiger charge is -2.28. The number of carbonyl (C=O) groups is 1. The number of esters is 1. The van der Waals surface area contributed by atoms with Crippen LogP contribution in [-0.2, 0) is 15.1 Å². The van der Waals surface area contributed by atoms with E-state index in [1.54, 1.807) is 25.1 Å². The van der Waals surface area contributed by atoms with Gasteiger partial charge < -0.3 is 14.8 Å². The molecule has 0 aliphatic carbocycles. The Morgan fingerprint density at radius 3 is 2.62 bits per heavy atom. The summed E-state index contributed by atoms with van der Waals surface area (Å²) in [4.78, 5) is 14.4. The molecule has 1 aromatic heterocycles. The van der Waals surface area contributed by atoms with Crippen LogP contribution in [-0.4, -0.2) is 28.8 Å². The van der Waals surface area contributed by atoms with Crippen molar-refractivity contribution in [3.8, 4) is 0 Å². The van der Waals surface area contributed by atoms with Crippen molar-refractivity contribution in [1.29, 1.82) is 0 Å². The van der Waals surface area contributed by atoms with Gasteiger partial charge in [0.05, 0.1) is 6.61 Å². The number of hydrogen-bond acceptors (Lipinski definition) is 3. The van der Waals surface area contributed by atoms with Gasteiger partial charge in [0.2, 0.25) is 0 Å². The molecule has 21 heavy (non-hydrogen) atoms. The van der Waals surface area contributed by atoms with Gasteiger partial charge in [0, 0.05) is 22.7 Å². The zero-order valence-electron chi connectivity index (χ0n) is 11.4. The minimum atomic E-state index is -5.20. The number of halogens is 3. The van der Waals surface area contributed by atoms with E-state index < -0.39 is 23.3 Å². The standard InChI is InChI=1S/C14H14F3NO3/c1-3-21-12(19)13(20,14(15,16)17)9-7-18-10-6-4-5-8(2)11(9)10/h4-7,18,20H,3H2,1-2H3/t13-/m1/s1. The molecule has 2 aromatic rings. The third-order valence-electron chi connectivity index (χ3n) is 3.29. The molecule has 0 unspecified atom stereocenters. The van der Waals surface area contributed by atoms with E-state index in [1.165, 1.54) is 6.92 Å². The number of aromatic nitrogens is 1. The van der Waals surface area contributed by atoms with Crippen molar-refractivity contribution in [3.05, 3.63) is 35.5 Å². The molecule has 2 N–H and O–H groups in total. The zero-order chi connectivity index (χ0) is 15.8. The molecule has 1 atom stereocenters. The molecule has 0 fully saturated rings. The number of hydrogen-bond donors (Lipinski definition) is 2. The topological polar surface area (TPSA) is 62.3 Å². The lowest BCUT2D eigenvalue weighted by molar-refractivity contribution is -0.267. The van der Waals surface area contributed by atoms with E-state index in [9.17, 15) is 23.1 Å². The Morgan fingerprint density at radius 2 is 2.05 bits per heavy atom. The minimum Gasteiger partial charge on any atom is -0.463 e. The van der Waals surface area contributed by atoms with Crippen LogP contribution in [0, 0.1) is 6.92 Å². The van der Waals surface area contributed by atoms with Gasteiger partial charge in [0.15, 0.2) is 0 Å². The van der Waals surface area contributed by atoms with Gasteiger partial charge in [0.25, 0.3) is 5.60 Å². The number of carbonyl (C=O) groups excluding carboxylic acids is 1. The molecule has 0 aliphatic rings. The third kappa shape index (κ3) is 2.27. The van der Waals surface area contributed by atoms with Crippen molar-refractivity contribution in [2.45, 2.75) is 25.6 Å². The second kappa shape index (κ2) is 5.07. The third-order valence-corrected chi connectivity index (χ3v) is 3.29. The quantitative estimate of drug-likeness (QED) is 0.857. The fourth-order valence-electron chi connectivity index (χ4n) is 2.27. The molecule has 0 radical (unpaired) electrons. The number of benzene rings is 1. The number of aromatic amines is 1. The first-order valence-electron chi connectivity index (χ1n) is 6.27. The summed E-state index contributed by atoms with van der Waals surface area (Å²) in [6.07, 6.45) is -4.21. The number of H-pyrrole nitrogens is 1. The number of ether oxygens (including phenoxy) is 1. The summed E-state index contributed by atoms with van der Waals surface area (Å²) < 4.78 is 44.4. The Bertz CT molecular complexity index is 678. The van der Waals surface area contributed by atoms with Crippen LogP contribution in [0.2, 0.25) is 0 Å². The molecule has 1 heterocycles. The van der Waals surface area contributed by atoms with Gasteiger partial charge in [0.1, 0.15) is 0 Å². The van der Waals surface area contributed by atoms with Crippen molar-refractivity contribution < 1.29 is 27.8 Å². The van der Waals surface area contributed by atoms with E-state index in [2.05, 4.69) is 9.72 Å². The molecule has 4 nitrogen and oxygen atoms in total. The van der Waals surface area contributed by atoms with E-state index in [4.69, 9.17) is 0 Å². The second-order valence-corrected chi connectivity index (χ2v) is 4.63. The smallest absolute Gasteiger partial charge is 0.432 e. The van der Waals surface area contributed by atoms with Crippen LogP contribution >= 0.6 is 0 Å². The molecule has 0 aliphatic heterocycles. The molecule has 0 saturated heterocycles. The summed E-state index contributed by atoms with van der Waals surface area (Å²) in [5.74, 6) is -1.73. The highest BCUT2D eigenvalue weighted by atomic mass is 19.4. The van der Waals surface area contributed by atoms with Gasteiger partial charge in [-0.15, -0.1) is 0 Å². The Kier molecular flexibility index (Phi) is 3.71. The molecular weight excluding hydrogens is 287 g/mol. The van der Waals surface area contributed by atoms with Gasteiger partial charge in [-0.25, -0.2) is 4.79 Å². The molecule has 0 spiro atoms. The first-order chi connectivity index (χ1) is 9.73. The minimum absolute atomic E-state index is 0.158. The predicted molar refractivity (Wildman–Crippen MR) is 69.6 cm³/mol. The van der Waals surface area contributed by atoms with Crippen LogP contribution < -0.4 is 0 Å². The highest BCUT2D eigenvalue weighted by Gasteiger charge is 2.63. The zero-order valence-corrected chi connectivity index (χ0v) is 11.4. The van der Waals surface area contributed by atoms with Crippen molar-refractivity contribution in [3.63, 3.8) is 0 Å². The number of nitrogens with one attached hydrogen (secondary N) is 1. The fraction of sp³-hybridized carbons (Fsp3) is 0.357. The molecule has 1 aromatic carbocycles. The highest BCUT2D eigenvalue weighted by Crippen LogP contribution is 2.43. The van der Waals surface area contributed by atoms with Crippen molar-refractivity contribution in [2.75, 3.05) is 6.61 Å². The number of aryl methyl sites for hydroxylation is 1. The Hall–Kier alpha value is -2.02. The van der Waals surface area contributed by atoms with Crippen molar-refractivity contribution in [2.24, 2.45) is 0 Å². The maximum atomic E-state index is 13.3. The van der Waals surface area contributed by atoms with E-state index >= 15 is 0 Å². The van der Waals surface area contributed by atoms with E-state index in [0.29, 0.717) is 11.1 Å². The van der Waals surface area contributed by atoms with Crippen LogP contribution in [0.15, 0.2) is 24.4 Å². The Morgan fingerprint density at radius 1 is 1.38 bits per heavy atom. The monoisotopic (exact) mass is 301 g/mol. The summed E-state index contributed by atoms with van der Waals surface area (Å²) >= 11 is 0. The molecule has 0 amide bonds. The van der Waals surface area contributed by atoms with E-state index in [1.807, 2.05) is 0 Å². The van der Waals surface area contributed by atoms with Crippen LogP contribution in [0.1, 0.15) is 18.1 Å². The maximum absolute atomic E-state index is 13.3. The van der Waals surface area contributed by atoms with Gasteiger partial charge >= 0.3 is 12.1 Å². The van der Waals surface area contributed by atoms with Gasteiger partial charge in [-0.1, -0.05) is 12.1 Å². The first kappa shape index (κ1) is 15.4. The van der Waals surface area contributed by atoms with Crippen molar-refractivity contribution >= 4 is 16.9 Å². The molecule has 0 bridgehead atoms. The largest absolute Gasteiger partial charge is 0.463 e. The van der Waals surface area contributed by atoms with Gasteiger partial charge in [-0.3, -0.25) is 0 Å². The molecule has 2 rings (SSSR count). The average molecular weight is 301 g/mol. The van der Waals surface area contributed by atoms with Crippen LogP contribution in [0.25, 0.3) is 10.9 Å². The summed E-state index contributed by atoms with van der Waals surface area (Å²) in [6.45, 7) is 2.70. The average Bonchev–Trinajstić information content (AvgIpc) is 2.82. The predicted octanol–water partition coefficient (Wildman–Crippen LogP) is 2.79.